The molecule has 0 saturated carbocycles. The van der Waals surface area contributed by atoms with Gasteiger partial charge in [0.2, 0.25) is 10.0 Å². The Kier molecular flexibility index (Phi) is 5.79. The van der Waals surface area contributed by atoms with Gasteiger partial charge in [-0.1, -0.05) is 0 Å². The van der Waals surface area contributed by atoms with Crippen molar-refractivity contribution in [3.63, 3.8) is 0 Å². The Morgan fingerprint density at radius 1 is 1.45 bits per heavy atom. The van der Waals surface area contributed by atoms with Gasteiger partial charge >= 0.3 is 0 Å². The van der Waals surface area contributed by atoms with Crippen LogP contribution in [0.4, 0.5) is 11.4 Å². The molecule has 1 atom stereocenters. The molecule has 0 fully saturated rings. The Labute approximate surface area is 121 Å². The molecule has 0 heterocycles. The second-order valence-corrected chi connectivity index (χ2v) is 6.41. The first-order chi connectivity index (χ1) is 9.37. The highest BCUT2D eigenvalue weighted by molar-refractivity contribution is 7.89. The van der Waals surface area contributed by atoms with Gasteiger partial charge in [-0.15, -0.1) is 0 Å². The summed E-state index contributed by atoms with van der Waals surface area (Å²) in [6.45, 7) is 5.24. The third kappa shape index (κ3) is 3.62. The smallest absolute Gasteiger partial charge is 0.240 e. The first-order valence-corrected chi connectivity index (χ1v) is 7.94. The van der Waals surface area contributed by atoms with E-state index >= 15 is 0 Å². The molecule has 0 aromatic heterocycles. The molecule has 7 heteroatoms. The van der Waals surface area contributed by atoms with Crippen LogP contribution in [-0.4, -0.2) is 41.8 Å². The van der Waals surface area contributed by atoms with E-state index < -0.39 is 10.0 Å². The fourth-order valence-corrected chi connectivity index (χ4v) is 2.86. The number of sulfonamides is 1. The Hall–Kier alpha value is -1.31. The number of anilines is 2. The summed E-state index contributed by atoms with van der Waals surface area (Å²) < 4.78 is 31.2. The summed E-state index contributed by atoms with van der Waals surface area (Å²) >= 11 is 0. The zero-order valence-corrected chi connectivity index (χ0v) is 13.2. The van der Waals surface area contributed by atoms with Crippen LogP contribution in [0, 0.1) is 0 Å². The zero-order chi connectivity index (χ0) is 15.3. The summed E-state index contributed by atoms with van der Waals surface area (Å²) in [6, 6.07) is 4.80. The molecule has 0 radical (unpaired) electrons. The van der Waals surface area contributed by atoms with Crippen molar-refractivity contribution in [3.05, 3.63) is 18.2 Å². The van der Waals surface area contributed by atoms with Crippen LogP contribution in [0.2, 0.25) is 0 Å². The van der Waals surface area contributed by atoms with Crippen LogP contribution in [0.15, 0.2) is 23.1 Å². The van der Waals surface area contributed by atoms with Crippen LogP contribution in [0.5, 0.6) is 0 Å². The number of likely N-dealkylation sites (N-methyl/N-ethyl adjacent to an activating group) is 1. The van der Waals surface area contributed by atoms with Crippen LogP contribution in [-0.2, 0) is 14.8 Å². The Balaban J connectivity index is 3.25. The van der Waals surface area contributed by atoms with E-state index in [1.807, 2.05) is 18.7 Å². The topological polar surface area (TPSA) is 84.7 Å². The van der Waals surface area contributed by atoms with Crippen LogP contribution >= 0.6 is 0 Å². The average Bonchev–Trinajstić information content (AvgIpc) is 2.41. The summed E-state index contributed by atoms with van der Waals surface area (Å²) in [7, 11) is -0.461. The normalized spacial score (nSPS) is 13.2. The van der Waals surface area contributed by atoms with Gasteiger partial charge in [-0.2, -0.15) is 0 Å². The van der Waals surface area contributed by atoms with Crippen molar-refractivity contribution < 1.29 is 13.2 Å². The molecule has 20 heavy (non-hydrogen) atoms. The van der Waals surface area contributed by atoms with Crippen molar-refractivity contribution in [1.29, 1.82) is 0 Å². The molecule has 0 bridgehead atoms. The molecule has 0 spiro atoms. The Bertz CT molecular complexity index is 546. The third-order valence-corrected chi connectivity index (χ3v) is 4.58. The lowest BCUT2D eigenvalue weighted by atomic mass is 10.2. The lowest BCUT2D eigenvalue weighted by Crippen LogP contribution is -2.36. The molecule has 6 nitrogen and oxygen atoms in total. The van der Waals surface area contributed by atoms with Gasteiger partial charge in [0.05, 0.1) is 22.9 Å². The molecule has 1 rings (SSSR count). The van der Waals surface area contributed by atoms with Crippen molar-refractivity contribution in [2.75, 3.05) is 37.9 Å². The number of benzene rings is 1. The Morgan fingerprint density at radius 3 is 2.60 bits per heavy atom. The molecule has 114 valence electrons. The van der Waals surface area contributed by atoms with Gasteiger partial charge < -0.3 is 15.4 Å². The van der Waals surface area contributed by atoms with E-state index in [0.717, 1.165) is 0 Å². The van der Waals surface area contributed by atoms with Gasteiger partial charge in [0, 0.05) is 19.7 Å². The molecular weight excluding hydrogens is 278 g/mol. The summed E-state index contributed by atoms with van der Waals surface area (Å²) in [5, 5.41) is 0. The minimum Gasteiger partial charge on any atom is -0.397 e. The van der Waals surface area contributed by atoms with Crippen molar-refractivity contribution in [3.8, 4) is 0 Å². The van der Waals surface area contributed by atoms with E-state index in [-0.39, 0.29) is 10.9 Å². The highest BCUT2D eigenvalue weighted by Gasteiger charge is 2.19. The number of nitrogens with one attached hydrogen (secondary N) is 1. The van der Waals surface area contributed by atoms with E-state index in [9.17, 15) is 8.42 Å². The number of hydrogen-bond acceptors (Lipinski definition) is 5. The van der Waals surface area contributed by atoms with Crippen LogP contribution in [0.25, 0.3) is 0 Å². The highest BCUT2D eigenvalue weighted by Crippen LogP contribution is 2.28. The predicted molar refractivity (Wildman–Crippen MR) is 81.5 cm³/mol. The quantitative estimate of drug-likeness (QED) is 0.735. The van der Waals surface area contributed by atoms with Crippen LogP contribution in [0.3, 0.4) is 0 Å². The second-order valence-electron chi connectivity index (χ2n) is 4.52. The molecule has 0 amide bonds. The number of nitrogens with zero attached hydrogens (tertiary/aromatic N) is 1. The predicted octanol–water partition coefficient (Wildman–Crippen LogP) is 1.04. The van der Waals surface area contributed by atoms with E-state index in [2.05, 4.69) is 4.72 Å². The molecular formula is C13H23N3O3S. The molecule has 1 aromatic carbocycles. The average molecular weight is 301 g/mol. The standard InChI is InChI=1S/C13H23N3O3S/c1-5-16(10(2)9-19-4)13-8-11(6-7-12(13)14)20(17,18)15-3/h6-8,10,15H,5,9,14H2,1-4H3. The van der Waals surface area contributed by atoms with Gasteiger partial charge in [-0.25, -0.2) is 13.1 Å². The summed E-state index contributed by atoms with van der Waals surface area (Å²) in [5.41, 5.74) is 7.24. The maximum absolute atomic E-state index is 11.9. The summed E-state index contributed by atoms with van der Waals surface area (Å²) in [6.07, 6.45) is 0. The minimum atomic E-state index is -3.48. The SMILES string of the molecule is CCN(c1cc(S(=O)(=O)NC)ccc1N)C(C)COC. The number of ether oxygens (including phenoxy) is 1. The number of hydrogen-bond donors (Lipinski definition) is 2. The van der Waals surface area contributed by atoms with Crippen molar-refractivity contribution >= 4 is 21.4 Å². The fraction of sp³-hybridized carbons (Fsp3) is 0.538. The van der Waals surface area contributed by atoms with Gasteiger partial charge in [0.15, 0.2) is 0 Å². The van der Waals surface area contributed by atoms with E-state index in [1.54, 1.807) is 19.2 Å². The number of rotatable bonds is 7. The number of nitrogen functional groups attached to an aromatic ring is 1. The molecule has 0 aliphatic carbocycles. The first-order valence-electron chi connectivity index (χ1n) is 6.46. The molecule has 3 N–H and O–H groups in total. The third-order valence-electron chi connectivity index (χ3n) is 3.17. The summed E-state index contributed by atoms with van der Waals surface area (Å²) in [5.74, 6) is 0. The molecule has 1 aromatic rings. The largest absolute Gasteiger partial charge is 0.397 e. The Morgan fingerprint density at radius 2 is 2.10 bits per heavy atom. The van der Waals surface area contributed by atoms with Gasteiger partial charge in [0.25, 0.3) is 0 Å². The lowest BCUT2D eigenvalue weighted by molar-refractivity contribution is 0.182. The minimum absolute atomic E-state index is 0.0971. The second kappa shape index (κ2) is 6.92. The number of methoxy groups -OCH3 is 1. The van der Waals surface area contributed by atoms with E-state index in [4.69, 9.17) is 10.5 Å². The molecule has 0 aliphatic rings. The summed E-state index contributed by atoms with van der Waals surface area (Å²) in [4.78, 5) is 2.22. The monoisotopic (exact) mass is 301 g/mol. The fourth-order valence-electron chi connectivity index (χ4n) is 2.11. The molecule has 1 unspecified atom stereocenters. The van der Waals surface area contributed by atoms with Crippen molar-refractivity contribution in [2.24, 2.45) is 0 Å². The van der Waals surface area contributed by atoms with Crippen LogP contribution in [0.1, 0.15) is 13.8 Å². The van der Waals surface area contributed by atoms with E-state index in [1.165, 1.54) is 13.1 Å². The van der Waals surface area contributed by atoms with Crippen LogP contribution < -0.4 is 15.4 Å². The van der Waals surface area contributed by atoms with E-state index in [0.29, 0.717) is 24.5 Å². The van der Waals surface area contributed by atoms with Gasteiger partial charge in [-0.3, -0.25) is 0 Å². The first kappa shape index (κ1) is 16.7. The molecule has 0 saturated heterocycles. The number of nitrogens with two attached hydrogens (primary N) is 1. The zero-order valence-electron chi connectivity index (χ0n) is 12.4. The van der Waals surface area contributed by atoms with Gasteiger partial charge in [-0.05, 0) is 39.1 Å². The van der Waals surface area contributed by atoms with Gasteiger partial charge in [0.1, 0.15) is 0 Å². The molecule has 0 aliphatic heterocycles. The highest BCUT2D eigenvalue weighted by atomic mass is 32.2. The maximum Gasteiger partial charge on any atom is 0.240 e. The van der Waals surface area contributed by atoms with Crippen molar-refractivity contribution in [2.45, 2.75) is 24.8 Å². The maximum atomic E-state index is 11.9. The lowest BCUT2D eigenvalue weighted by Gasteiger charge is -2.31. The van der Waals surface area contributed by atoms with Crippen molar-refractivity contribution in [1.82, 2.24) is 4.72 Å².